The number of hydrogen-bond acceptors (Lipinski definition) is 3. The number of rotatable bonds is 3. The predicted molar refractivity (Wildman–Crippen MR) is 57.3 cm³/mol. The van der Waals surface area contributed by atoms with Crippen LogP contribution in [0.3, 0.4) is 0 Å². The van der Waals surface area contributed by atoms with E-state index in [4.69, 9.17) is 5.11 Å². The molecule has 0 fully saturated rings. The summed E-state index contributed by atoms with van der Waals surface area (Å²) in [5.74, 6) is -0.967. The number of aryl methyl sites for hydroxylation is 1. The molecule has 2 aromatic heterocycles. The van der Waals surface area contributed by atoms with Gasteiger partial charge in [0, 0.05) is 31.2 Å². The molecule has 0 aliphatic carbocycles. The molecule has 0 bridgehead atoms. The zero-order valence-electron chi connectivity index (χ0n) is 8.17. The van der Waals surface area contributed by atoms with E-state index in [-0.39, 0.29) is 5.69 Å². The fourth-order valence-corrected chi connectivity index (χ4v) is 2.13. The van der Waals surface area contributed by atoms with Gasteiger partial charge in [-0.1, -0.05) is 0 Å². The lowest BCUT2D eigenvalue weighted by Gasteiger charge is -1.91. The Balaban J connectivity index is 2.14. The summed E-state index contributed by atoms with van der Waals surface area (Å²) in [7, 11) is 1.95. The highest BCUT2D eigenvalue weighted by Crippen LogP contribution is 2.14. The van der Waals surface area contributed by atoms with Gasteiger partial charge < -0.3 is 9.67 Å². The number of carbonyl (C=O) groups is 1. The summed E-state index contributed by atoms with van der Waals surface area (Å²) in [6, 6.07) is 2.00. The van der Waals surface area contributed by atoms with E-state index < -0.39 is 5.97 Å². The molecule has 0 saturated carbocycles. The minimum absolute atomic E-state index is 0.130. The third-order valence-corrected chi connectivity index (χ3v) is 2.87. The standard InChI is InChI=1S/C10H10N2O2S/c1-12-3-2-7(5-12)4-9-11-8(6-15-9)10(13)14/h2-3,5-6H,4H2,1H3,(H,13,14). The first-order valence-electron chi connectivity index (χ1n) is 4.43. The Labute approximate surface area is 90.8 Å². The van der Waals surface area contributed by atoms with Crippen molar-refractivity contribution in [1.82, 2.24) is 9.55 Å². The lowest BCUT2D eigenvalue weighted by atomic mass is 10.2. The first kappa shape index (κ1) is 9.92. The van der Waals surface area contributed by atoms with Crippen molar-refractivity contribution in [3.05, 3.63) is 40.1 Å². The van der Waals surface area contributed by atoms with Gasteiger partial charge in [-0.3, -0.25) is 0 Å². The summed E-state index contributed by atoms with van der Waals surface area (Å²) in [5, 5.41) is 11.1. The molecule has 0 radical (unpaired) electrons. The van der Waals surface area contributed by atoms with Crippen LogP contribution in [-0.4, -0.2) is 20.6 Å². The van der Waals surface area contributed by atoms with E-state index in [1.807, 2.05) is 30.1 Å². The van der Waals surface area contributed by atoms with Crippen LogP contribution in [0.1, 0.15) is 21.1 Å². The van der Waals surface area contributed by atoms with Gasteiger partial charge in [-0.2, -0.15) is 0 Å². The van der Waals surface area contributed by atoms with Crippen molar-refractivity contribution in [2.75, 3.05) is 0 Å². The van der Waals surface area contributed by atoms with Crippen molar-refractivity contribution in [2.45, 2.75) is 6.42 Å². The van der Waals surface area contributed by atoms with Crippen LogP contribution in [0.5, 0.6) is 0 Å². The quantitative estimate of drug-likeness (QED) is 0.861. The van der Waals surface area contributed by atoms with Gasteiger partial charge in [0.05, 0.1) is 5.01 Å². The van der Waals surface area contributed by atoms with Crippen LogP contribution in [0, 0.1) is 0 Å². The highest BCUT2D eigenvalue weighted by atomic mass is 32.1. The van der Waals surface area contributed by atoms with Crippen molar-refractivity contribution < 1.29 is 9.90 Å². The molecule has 78 valence electrons. The fraction of sp³-hybridized carbons (Fsp3) is 0.200. The molecule has 1 N–H and O–H groups in total. The number of nitrogens with zero attached hydrogens (tertiary/aromatic N) is 2. The molecular formula is C10H10N2O2S. The van der Waals surface area contributed by atoms with Crippen molar-refractivity contribution in [3.63, 3.8) is 0 Å². The van der Waals surface area contributed by atoms with Gasteiger partial charge >= 0.3 is 5.97 Å². The Morgan fingerprint density at radius 2 is 2.47 bits per heavy atom. The molecule has 0 saturated heterocycles. The zero-order valence-corrected chi connectivity index (χ0v) is 8.99. The molecule has 0 aliphatic heterocycles. The van der Waals surface area contributed by atoms with E-state index in [0.717, 1.165) is 10.6 Å². The van der Waals surface area contributed by atoms with E-state index in [0.29, 0.717) is 6.42 Å². The van der Waals surface area contributed by atoms with Gasteiger partial charge in [0.1, 0.15) is 0 Å². The maximum atomic E-state index is 10.6. The largest absolute Gasteiger partial charge is 0.476 e. The van der Waals surface area contributed by atoms with Crippen molar-refractivity contribution in [3.8, 4) is 0 Å². The van der Waals surface area contributed by atoms with Gasteiger partial charge in [-0.05, 0) is 11.6 Å². The number of hydrogen-bond donors (Lipinski definition) is 1. The molecule has 4 nitrogen and oxygen atoms in total. The molecule has 2 heterocycles. The summed E-state index contributed by atoms with van der Waals surface area (Å²) in [6.07, 6.45) is 4.65. The summed E-state index contributed by atoms with van der Waals surface area (Å²) in [5.41, 5.74) is 1.27. The van der Waals surface area contributed by atoms with Crippen molar-refractivity contribution >= 4 is 17.3 Å². The van der Waals surface area contributed by atoms with Crippen LogP contribution in [0.4, 0.5) is 0 Å². The molecule has 0 spiro atoms. The molecule has 5 heteroatoms. The smallest absolute Gasteiger partial charge is 0.355 e. The molecule has 2 rings (SSSR count). The van der Waals surface area contributed by atoms with Crippen molar-refractivity contribution in [1.29, 1.82) is 0 Å². The minimum Gasteiger partial charge on any atom is -0.476 e. The minimum atomic E-state index is -0.967. The SMILES string of the molecule is Cn1ccc(Cc2nc(C(=O)O)cs2)c1. The van der Waals surface area contributed by atoms with Gasteiger partial charge in [0.25, 0.3) is 0 Å². The summed E-state index contributed by atoms with van der Waals surface area (Å²) >= 11 is 1.38. The Morgan fingerprint density at radius 1 is 1.67 bits per heavy atom. The lowest BCUT2D eigenvalue weighted by Crippen LogP contribution is -1.96. The van der Waals surface area contributed by atoms with Crippen LogP contribution in [0.2, 0.25) is 0 Å². The van der Waals surface area contributed by atoms with E-state index in [2.05, 4.69) is 4.98 Å². The number of carboxylic acid groups (broad SMARTS) is 1. The van der Waals surface area contributed by atoms with Gasteiger partial charge in [0.2, 0.25) is 0 Å². The molecule has 0 unspecified atom stereocenters. The van der Waals surface area contributed by atoms with Gasteiger partial charge in [-0.15, -0.1) is 11.3 Å². The second kappa shape index (κ2) is 3.86. The van der Waals surface area contributed by atoms with Crippen LogP contribution in [0.15, 0.2) is 23.8 Å². The first-order chi connectivity index (χ1) is 7.15. The average Bonchev–Trinajstić information content (AvgIpc) is 2.76. The third-order valence-electron chi connectivity index (χ3n) is 2.02. The third kappa shape index (κ3) is 2.24. The van der Waals surface area contributed by atoms with Crippen LogP contribution >= 0.6 is 11.3 Å². The fourth-order valence-electron chi connectivity index (χ4n) is 1.33. The summed E-state index contributed by atoms with van der Waals surface area (Å²) in [6.45, 7) is 0. The Kier molecular flexibility index (Phi) is 2.55. The van der Waals surface area contributed by atoms with E-state index in [1.54, 1.807) is 5.38 Å². The zero-order chi connectivity index (χ0) is 10.8. The Hall–Kier alpha value is -1.62. The Bertz CT molecular complexity index is 487. The molecule has 15 heavy (non-hydrogen) atoms. The highest BCUT2D eigenvalue weighted by Gasteiger charge is 2.08. The second-order valence-corrected chi connectivity index (χ2v) is 4.24. The Morgan fingerprint density at radius 3 is 3.00 bits per heavy atom. The summed E-state index contributed by atoms with van der Waals surface area (Å²) < 4.78 is 1.96. The molecule has 2 aromatic rings. The average molecular weight is 222 g/mol. The number of aromatic carboxylic acids is 1. The summed E-state index contributed by atoms with van der Waals surface area (Å²) in [4.78, 5) is 14.6. The highest BCUT2D eigenvalue weighted by molar-refractivity contribution is 7.09. The first-order valence-corrected chi connectivity index (χ1v) is 5.31. The van der Waals surface area contributed by atoms with Crippen LogP contribution < -0.4 is 0 Å². The maximum absolute atomic E-state index is 10.6. The second-order valence-electron chi connectivity index (χ2n) is 3.29. The topological polar surface area (TPSA) is 55.1 Å². The number of thiazole rings is 1. The van der Waals surface area contributed by atoms with Crippen molar-refractivity contribution in [2.24, 2.45) is 7.05 Å². The van der Waals surface area contributed by atoms with Crippen LogP contribution in [-0.2, 0) is 13.5 Å². The number of carboxylic acids is 1. The van der Waals surface area contributed by atoms with E-state index in [1.165, 1.54) is 11.3 Å². The lowest BCUT2D eigenvalue weighted by molar-refractivity contribution is 0.0691. The molecule has 0 atom stereocenters. The molecule has 0 aliphatic rings. The van der Waals surface area contributed by atoms with Gasteiger partial charge in [0.15, 0.2) is 5.69 Å². The molecule has 0 amide bonds. The number of aromatic nitrogens is 2. The van der Waals surface area contributed by atoms with Crippen LogP contribution in [0.25, 0.3) is 0 Å². The normalized spacial score (nSPS) is 10.5. The predicted octanol–water partition coefficient (Wildman–Crippen LogP) is 1.77. The van der Waals surface area contributed by atoms with E-state index in [9.17, 15) is 4.79 Å². The van der Waals surface area contributed by atoms with E-state index >= 15 is 0 Å². The molecule has 0 aromatic carbocycles. The maximum Gasteiger partial charge on any atom is 0.355 e. The monoisotopic (exact) mass is 222 g/mol. The van der Waals surface area contributed by atoms with Gasteiger partial charge in [-0.25, -0.2) is 9.78 Å². The molecular weight excluding hydrogens is 212 g/mol.